The number of halogens is 4. The first kappa shape index (κ1) is 18.7. The molecule has 0 atom stereocenters. The van der Waals surface area contributed by atoms with E-state index in [0.29, 0.717) is 17.3 Å². The summed E-state index contributed by atoms with van der Waals surface area (Å²) in [6.45, 7) is 0. The molecule has 0 spiro atoms. The van der Waals surface area contributed by atoms with Gasteiger partial charge in [-0.15, -0.1) is 10.2 Å². The maximum Gasteiger partial charge on any atom is 0.534 e. The summed E-state index contributed by atoms with van der Waals surface area (Å²) in [6, 6.07) is 5.51. The number of pyridine rings is 1. The van der Waals surface area contributed by atoms with Crippen molar-refractivity contribution in [2.75, 3.05) is 0 Å². The lowest BCUT2D eigenvalue weighted by atomic mass is 10.1. The molecule has 0 bridgehead atoms. The summed E-state index contributed by atoms with van der Waals surface area (Å²) >= 11 is 0. The lowest BCUT2D eigenvalue weighted by Gasteiger charge is -2.10. The zero-order valence-corrected chi connectivity index (χ0v) is 14.2. The molecule has 0 radical (unpaired) electrons. The molecule has 27 heavy (non-hydrogen) atoms. The number of nitrogens with zero attached hydrogens (tertiary/aromatic N) is 5. The zero-order valence-electron chi connectivity index (χ0n) is 13.3. The smallest absolute Gasteiger partial charge is 0.376 e. The zero-order chi connectivity index (χ0) is 19.8. The largest absolute Gasteiger partial charge is 0.534 e. The Balaban J connectivity index is 1.86. The maximum absolute atomic E-state index is 14.2. The van der Waals surface area contributed by atoms with Crippen LogP contribution >= 0.6 is 0 Å². The molecule has 0 amide bonds. The van der Waals surface area contributed by atoms with Gasteiger partial charge in [0.2, 0.25) is 5.82 Å². The third kappa shape index (κ3) is 3.86. The van der Waals surface area contributed by atoms with Crippen molar-refractivity contribution in [1.29, 1.82) is 0 Å². The van der Waals surface area contributed by atoms with Crippen LogP contribution in [0, 0.1) is 5.82 Å². The molecule has 0 aliphatic rings. The molecule has 0 saturated carbocycles. The molecule has 0 saturated heterocycles. The predicted molar refractivity (Wildman–Crippen MR) is 83.0 cm³/mol. The highest BCUT2D eigenvalue weighted by Gasteiger charge is 2.48. The fourth-order valence-corrected chi connectivity index (χ4v) is 2.48. The van der Waals surface area contributed by atoms with Crippen molar-refractivity contribution in [1.82, 2.24) is 25.2 Å². The molecule has 0 unspecified atom stereocenters. The van der Waals surface area contributed by atoms with E-state index in [4.69, 9.17) is 0 Å². The topological polar surface area (TPSA) is 99.9 Å². The summed E-state index contributed by atoms with van der Waals surface area (Å²) in [5, 5.41) is 11.4. The predicted octanol–water partition coefficient (Wildman–Crippen LogP) is 2.31. The lowest BCUT2D eigenvalue weighted by molar-refractivity contribution is -0.0500. The third-order valence-corrected chi connectivity index (χ3v) is 4.22. The molecule has 2 heterocycles. The minimum Gasteiger partial charge on any atom is -0.376 e. The summed E-state index contributed by atoms with van der Waals surface area (Å²) in [4.78, 5) is 5.31. The SMILES string of the molecule is Cn1nnc(-c2ccc(-c3ccc(OS(=O)(=O)C(F)(F)F)cc3F)cn2)n1. The normalized spacial score (nSPS) is 12.2. The summed E-state index contributed by atoms with van der Waals surface area (Å²) in [5.41, 5.74) is -4.96. The third-order valence-electron chi connectivity index (χ3n) is 3.24. The Morgan fingerprint density at radius 3 is 2.41 bits per heavy atom. The highest BCUT2D eigenvalue weighted by molar-refractivity contribution is 7.88. The number of alkyl halides is 3. The summed E-state index contributed by atoms with van der Waals surface area (Å²) in [6.07, 6.45) is 1.30. The van der Waals surface area contributed by atoms with Gasteiger partial charge in [-0.2, -0.15) is 26.4 Å². The van der Waals surface area contributed by atoms with E-state index in [2.05, 4.69) is 24.6 Å². The van der Waals surface area contributed by atoms with Gasteiger partial charge in [-0.1, -0.05) is 6.07 Å². The molecule has 3 aromatic rings. The van der Waals surface area contributed by atoms with Crippen molar-refractivity contribution in [3.8, 4) is 28.4 Å². The number of rotatable bonds is 4. The minimum absolute atomic E-state index is 0.0158. The summed E-state index contributed by atoms with van der Waals surface area (Å²) in [7, 11) is -4.31. The average Bonchev–Trinajstić information content (AvgIpc) is 3.00. The first-order valence-corrected chi connectivity index (χ1v) is 8.49. The standard InChI is InChI=1S/C14H9F4N5O3S/c1-23-21-13(20-22-23)12-5-2-8(7-19-12)10-4-3-9(6-11(10)15)26-27(24,25)14(16,17)18/h2-7H,1H3. The van der Waals surface area contributed by atoms with E-state index < -0.39 is 27.2 Å². The van der Waals surface area contributed by atoms with E-state index in [1.807, 2.05) is 0 Å². The van der Waals surface area contributed by atoms with Crippen molar-refractivity contribution in [3.05, 3.63) is 42.3 Å². The van der Waals surface area contributed by atoms with Gasteiger partial charge >= 0.3 is 15.6 Å². The van der Waals surface area contributed by atoms with Crippen molar-refractivity contribution in [2.24, 2.45) is 7.05 Å². The fraction of sp³-hybridized carbons (Fsp3) is 0.143. The number of benzene rings is 1. The molecular weight excluding hydrogens is 394 g/mol. The number of aryl methyl sites for hydroxylation is 1. The molecule has 0 aliphatic carbocycles. The molecule has 1 aromatic carbocycles. The average molecular weight is 403 g/mol. The van der Waals surface area contributed by atoms with E-state index in [0.717, 1.165) is 12.1 Å². The molecule has 0 N–H and O–H groups in total. The van der Waals surface area contributed by atoms with Crippen LogP contribution in [0.5, 0.6) is 5.75 Å². The van der Waals surface area contributed by atoms with E-state index in [9.17, 15) is 26.0 Å². The van der Waals surface area contributed by atoms with E-state index >= 15 is 0 Å². The Bertz CT molecular complexity index is 1080. The fourth-order valence-electron chi connectivity index (χ4n) is 2.03. The summed E-state index contributed by atoms with van der Waals surface area (Å²) in [5.74, 6) is -1.54. The Morgan fingerprint density at radius 2 is 1.89 bits per heavy atom. The maximum atomic E-state index is 14.2. The molecule has 2 aromatic heterocycles. The molecule has 13 heteroatoms. The van der Waals surface area contributed by atoms with Crippen molar-refractivity contribution < 1.29 is 30.2 Å². The van der Waals surface area contributed by atoms with Gasteiger partial charge in [0, 0.05) is 23.4 Å². The molecule has 8 nitrogen and oxygen atoms in total. The quantitative estimate of drug-likeness (QED) is 0.374. The Hall–Kier alpha value is -3.09. The van der Waals surface area contributed by atoms with Gasteiger partial charge in [-0.3, -0.25) is 4.98 Å². The number of tetrazole rings is 1. The first-order chi connectivity index (χ1) is 12.6. The van der Waals surface area contributed by atoms with Crippen LogP contribution in [0.15, 0.2) is 36.5 Å². The van der Waals surface area contributed by atoms with Crippen LogP contribution in [0.25, 0.3) is 22.6 Å². The van der Waals surface area contributed by atoms with Gasteiger partial charge in [-0.25, -0.2) is 4.39 Å². The van der Waals surface area contributed by atoms with Gasteiger partial charge < -0.3 is 4.18 Å². The highest BCUT2D eigenvalue weighted by atomic mass is 32.2. The highest BCUT2D eigenvalue weighted by Crippen LogP contribution is 2.30. The number of aromatic nitrogens is 5. The molecule has 0 aliphatic heterocycles. The molecule has 3 rings (SSSR count). The number of hydrogen-bond acceptors (Lipinski definition) is 7. The van der Waals surface area contributed by atoms with Gasteiger partial charge in [-0.05, 0) is 23.4 Å². The van der Waals surface area contributed by atoms with Gasteiger partial charge in [0.15, 0.2) is 0 Å². The molecule has 0 fully saturated rings. The number of hydrogen-bond donors (Lipinski definition) is 0. The van der Waals surface area contributed by atoms with Crippen LogP contribution in [0.2, 0.25) is 0 Å². The van der Waals surface area contributed by atoms with Crippen molar-refractivity contribution >= 4 is 10.1 Å². The first-order valence-electron chi connectivity index (χ1n) is 7.08. The van der Waals surface area contributed by atoms with Crippen molar-refractivity contribution in [3.63, 3.8) is 0 Å². The monoisotopic (exact) mass is 403 g/mol. The van der Waals surface area contributed by atoms with Gasteiger partial charge in [0.05, 0.1) is 7.05 Å². The van der Waals surface area contributed by atoms with Gasteiger partial charge in [0.1, 0.15) is 17.3 Å². The Labute approximate surface area is 149 Å². The van der Waals surface area contributed by atoms with Crippen LogP contribution in [0.4, 0.5) is 17.6 Å². The Morgan fingerprint density at radius 1 is 1.15 bits per heavy atom. The minimum atomic E-state index is -5.88. The lowest BCUT2D eigenvalue weighted by Crippen LogP contribution is -2.28. The van der Waals surface area contributed by atoms with Crippen LogP contribution < -0.4 is 4.18 Å². The molecular formula is C14H9F4N5O3S. The second kappa shape index (κ2) is 6.57. The molecule has 142 valence electrons. The second-order valence-electron chi connectivity index (χ2n) is 5.16. The van der Waals surface area contributed by atoms with E-state index in [1.165, 1.54) is 23.1 Å². The van der Waals surface area contributed by atoms with Crippen LogP contribution in [-0.4, -0.2) is 39.1 Å². The van der Waals surface area contributed by atoms with Crippen LogP contribution in [-0.2, 0) is 17.2 Å². The second-order valence-corrected chi connectivity index (χ2v) is 6.70. The van der Waals surface area contributed by atoms with E-state index in [1.54, 1.807) is 7.05 Å². The Kier molecular flexibility index (Phi) is 4.55. The van der Waals surface area contributed by atoms with Crippen LogP contribution in [0.3, 0.4) is 0 Å². The van der Waals surface area contributed by atoms with Crippen LogP contribution in [0.1, 0.15) is 0 Å². The van der Waals surface area contributed by atoms with E-state index in [-0.39, 0.29) is 11.4 Å². The summed E-state index contributed by atoms with van der Waals surface area (Å²) < 4.78 is 77.0. The van der Waals surface area contributed by atoms with Crippen molar-refractivity contribution in [2.45, 2.75) is 5.51 Å². The van der Waals surface area contributed by atoms with Gasteiger partial charge in [0.25, 0.3) is 0 Å².